The molecule has 4 rings (SSSR count). The highest BCUT2D eigenvalue weighted by molar-refractivity contribution is 7.92. The third-order valence-electron chi connectivity index (χ3n) is 6.17. The molecule has 0 saturated carbocycles. The van der Waals surface area contributed by atoms with Gasteiger partial charge in [-0.2, -0.15) is 0 Å². The van der Waals surface area contributed by atoms with E-state index in [2.05, 4.69) is 11.4 Å². The number of carbonyl (C=O) groups excluding carboxylic acids is 2. The molecule has 3 aromatic rings. The van der Waals surface area contributed by atoms with Crippen LogP contribution in [-0.4, -0.2) is 40.1 Å². The van der Waals surface area contributed by atoms with Gasteiger partial charge in [-0.1, -0.05) is 42.5 Å². The molecule has 194 valence electrons. The minimum atomic E-state index is -3.71. The molecule has 0 bridgehead atoms. The van der Waals surface area contributed by atoms with Crippen molar-refractivity contribution in [1.29, 1.82) is 0 Å². The van der Waals surface area contributed by atoms with E-state index in [4.69, 9.17) is 9.47 Å². The molecule has 1 aliphatic carbocycles. The topological polar surface area (TPSA) is 102 Å². The Morgan fingerprint density at radius 2 is 1.65 bits per heavy atom. The molecule has 1 atom stereocenters. The number of anilines is 1. The van der Waals surface area contributed by atoms with Gasteiger partial charge in [0.1, 0.15) is 5.75 Å². The van der Waals surface area contributed by atoms with Crippen LogP contribution in [0.3, 0.4) is 0 Å². The number of esters is 1. The standard InChI is InChI=1S/C28H30N2O6S/c1-2-30(37(33,34)24-11-4-3-5-12-24)22-15-17-23(18-16-22)35-20-28(32)36-19-27(31)29-26-14-8-10-21-9-6-7-13-25(21)26/h3-7,9,11-13,15-18,26H,2,8,10,14,19-20H2,1H3,(H,29,31)/t26-/m0/s1. The van der Waals surface area contributed by atoms with Gasteiger partial charge in [-0.3, -0.25) is 9.10 Å². The summed E-state index contributed by atoms with van der Waals surface area (Å²) in [5, 5.41) is 2.94. The van der Waals surface area contributed by atoms with Crippen molar-refractivity contribution in [2.24, 2.45) is 0 Å². The summed E-state index contributed by atoms with van der Waals surface area (Å²) < 4.78 is 37.8. The molecule has 3 aromatic carbocycles. The molecule has 9 heteroatoms. The number of rotatable bonds is 10. The first-order chi connectivity index (χ1) is 17.9. The SMILES string of the molecule is CCN(c1ccc(OCC(=O)OCC(=O)N[C@H]2CCCc3ccccc32)cc1)S(=O)(=O)c1ccccc1. The van der Waals surface area contributed by atoms with E-state index in [1.807, 2.05) is 18.2 Å². The first-order valence-corrected chi connectivity index (χ1v) is 13.7. The van der Waals surface area contributed by atoms with Gasteiger partial charge in [-0.25, -0.2) is 13.2 Å². The summed E-state index contributed by atoms with van der Waals surface area (Å²) in [6, 6.07) is 22.5. The second-order valence-corrected chi connectivity index (χ2v) is 10.5. The predicted octanol–water partition coefficient (Wildman–Crippen LogP) is 4.02. The summed E-state index contributed by atoms with van der Waals surface area (Å²) in [4.78, 5) is 24.6. The van der Waals surface area contributed by atoms with Crippen LogP contribution in [0.15, 0.2) is 83.8 Å². The van der Waals surface area contributed by atoms with E-state index < -0.39 is 16.0 Å². The van der Waals surface area contributed by atoms with Gasteiger partial charge in [0.25, 0.3) is 15.9 Å². The van der Waals surface area contributed by atoms with Crippen molar-refractivity contribution in [1.82, 2.24) is 5.32 Å². The lowest BCUT2D eigenvalue weighted by Gasteiger charge is -2.26. The number of aryl methyl sites for hydroxylation is 1. The second-order valence-electron chi connectivity index (χ2n) is 8.64. The average molecular weight is 523 g/mol. The average Bonchev–Trinajstić information content (AvgIpc) is 2.92. The number of benzene rings is 3. The van der Waals surface area contributed by atoms with Crippen LogP contribution in [0.25, 0.3) is 0 Å². The van der Waals surface area contributed by atoms with Crippen molar-refractivity contribution in [3.8, 4) is 5.75 Å². The number of carbonyl (C=O) groups is 2. The lowest BCUT2D eigenvalue weighted by Crippen LogP contribution is -2.34. The fourth-order valence-corrected chi connectivity index (χ4v) is 5.88. The first-order valence-electron chi connectivity index (χ1n) is 12.2. The normalized spacial score (nSPS) is 14.8. The van der Waals surface area contributed by atoms with Crippen LogP contribution in [0.2, 0.25) is 0 Å². The van der Waals surface area contributed by atoms with Gasteiger partial charge in [0.15, 0.2) is 13.2 Å². The molecule has 1 aliphatic rings. The molecule has 8 nitrogen and oxygen atoms in total. The fourth-order valence-electron chi connectivity index (χ4n) is 4.39. The second kappa shape index (κ2) is 11.9. The van der Waals surface area contributed by atoms with E-state index in [0.717, 1.165) is 24.8 Å². The Hall–Kier alpha value is -3.85. The molecule has 1 amide bonds. The van der Waals surface area contributed by atoms with Crippen molar-refractivity contribution >= 4 is 27.6 Å². The van der Waals surface area contributed by atoms with Gasteiger partial charge < -0.3 is 14.8 Å². The first kappa shape index (κ1) is 26.2. The molecule has 0 aliphatic heterocycles. The van der Waals surface area contributed by atoms with Gasteiger partial charge in [-0.05, 0) is 73.7 Å². The van der Waals surface area contributed by atoms with Crippen molar-refractivity contribution in [3.63, 3.8) is 0 Å². The molecular formula is C28H30N2O6S. The van der Waals surface area contributed by atoms with Crippen LogP contribution in [0, 0.1) is 0 Å². The Morgan fingerprint density at radius 3 is 2.38 bits per heavy atom. The lowest BCUT2D eigenvalue weighted by molar-refractivity contribution is -0.150. The van der Waals surface area contributed by atoms with Gasteiger partial charge in [0.05, 0.1) is 16.6 Å². The quantitative estimate of drug-likeness (QED) is 0.404. The molecule has 37 heavy (non-hydrogen) atoms. The summed E-state index contributed by atoms with van der Waals surface area (Å²) in [5.74, 6) is -0.666. The highest BCUT2D eigenvalue weighted by atomic mass is 32.2. The maximum Gasteiger partial charge on any atom is 0.344 e. The van der Waals surface area contributed by atoms with E-state index >= 15 is 0 Å². The van der Waals surface area contributed by atoms with Crippen molar-refractivity contribution in [3.05, 3.63) is 90.0 Å². The summed E-state index contributed by atoms with van der Waals surface area (Å²) in [5.41, 5.74) is 2.82. The summed E-state index contributed by atoms with van der Waals surface area (Å²) >= 11 is 0. The van der Waals surface area contributed by atoms with Gasteiger partial charge in [0, 0.05) is 6.54 Å². The van der Waals surface area contributed by atoms with Crippen molar-refractivity contribution in [2.45, 2.75) is 37.1 Å². The van der Waals surface area contributed by atoms with E-state index in [0.29, 0.717) is 11.4 Å². The number of sulfonamides is 1. The van der Waals surface area contributed by atoms with Crippen molar-refractivity contribution in [2.75, 3.05) is 24.1 Å². The molecule has 0 saturated heterocycles. The highest BCUT2D eigenvalue weighted by Crippen LogP contribution is 2.29. The Labute approximate surface area is 217 Å². The van der Waals surface area contributed by atoms with Crippen LogP contribution in [0.5, 0.6) is 5.75 Å². The number of ether oxygens (including phenoxy) is 2. The Morgan fingerprint density at radius 1 is 0.946 bits per heavy atom. The smallest absolute Gasteiger partial charge is 0.344 e. The summed E-state index contributed by atoms with van der Waals surface area (Å²) in [7, 11) is -3.71. The molecule has 0 aromatic heterocycles. The van der Waals surface area contributed by atoms with Crippen LogP contribution in [0.1, 0.15) is 36.9 Å². The molecular weight excluding hydrogens is 492 g/mol. The molecule has 0 radical (unpaired) electrons. The van der Waals surface area contributed by atoms with E-state index in [1.165, 1.54) is 9.87 Å². The highest BCUT2D eigenvalue weighted by Gasteiger charge is 2.24. The van der Waals surface area contributed by atoms with E-state index in [-0.39, 0.29) is 36.6 Å². The molecule has 0 spiro atoms. The Bertz CT molecular complexity index is 1330. The Balaban J connectivity index is 1.26. The van der Waals surface area contributed by atoms with Gasteiger partial charge in [-0.15, -0.1) is 0 Å². The maximum atomic E-state index is 13.0. The number of fused-ring (bicyclic) bond motifs is 1. The number of hydrogen-bond donors (Lipinski definition) is 1. The lowest BCUT2D eigenvalue weighted by atomic mass is 9.88. The molecule has 0 unspecified atom stereocenters. The zero-order valence-electron chi connectivity index (χ0n) is 20.6. The van der Waals surface area contributed by atoms with Crippen molar-refractivity contribution < 1.29 is 27.5 Å². The maximum absolute atomic E-state index is 13.0. The third kappa shape index (κ3) is 6.48. The minimum Gasteiger partial charge on any atom is -0.482 e. The zero-order chi connectivity index (χ0) is 26.3. The molecule has 1 N–H and O–H groups in total. The number of hydrogen-bond acceptors (Lipinski definition) is 6. The van der Waals surface area contributed by atoms with Gasteiger partial charge >= 0.3 is 5.97 Å². The predicted molar refractivity (Wildman–Crippen MR) is 140 cm³/mol. The van der Waals surface area contributed by atoms with Crippen LogP contribution >= 0.6 is 0 Å². The monoisotopic (exact) mass is 522 g/mol. The summed E-state index contributed by atoms with van der Waals surface area (Å²) in [6.07, 6.45) is 2.83. The van der Waals surface area contributed by atoms with Crippen LogP contribution in [0.4, 0.5) is 5.69 Å². The number of nitrogens with zero attached hydrogens (tertiary/aromatic N) is 1. The largest absolute Gasteiger partial charge is 0.482 e. The van der Waals surface area contributed by atoms with E-state index in [1.54, 1.807) is 61.5 Å². The number of amides is 1. The fraction of sp³-hybridized carbons (Fsp3) is 0.286. The summed E-state index contributed by atoms with van der Waals surface area (Å²) in [6.45, 7) is 1.24. The zero-order valence-corrected chi connectivity index (χ0v) is 21.4. The van der Waals surface area contributed by atoms with Crippen LogP contribution in [-0.2, 0) is 30.8 Å². The third-order valence-corrected chi connectivity index (χ3v) is 8.09. The van der Waals surface area contributed by atoms with Crippen LogP contribution < -0.4 is 14.4 Å². The minimum absolute atomic E-state index is 0.0840. The molecule has 0 heterocycles. The van der Waals surface area contributed by atoms with Gasteiger partial charge in [0.2, 0.25) is 0 Å². The molecule has 0 fully saturated rings. The van der Waals surface area contributed by atoms with E-state index in [9.17, 15) is 18.0 Å². The number of nitrogens with one attached hydrogen (secondary N) is 1. The Kier molecular flexibility index (Phi) is 8.45.